The summed E-state index contributed by atoms with van der Waals surface area (Å²) in [6.45, 7) is 7.92. The van der Waals surface area contributed by atoms with Crippen LogP contribution in [0.4, 0.5) is 0 Å². The molecule has 3 nitrogen and oxygen atoms in total. The molecule has 1 atom stereocenters. The lowest BCUT2D eigenvalue weighted by Gasteiger charge is -2.24. The van der Waals surface area contributed by atoms with E-state index in [1.54, 1.807) is 6.92 Å². The summed E-state index contributed by atoms with van der Waals surface area (Å²) in [4.78, 5) is 11.1. The van der Waals surface area contributed by atoms with Crippen LogP contribution in [0.3, 0.4) is 0 Å². The first-order valence-corrected chi connectivity index (χ1v) is 4.82. The summed E-state index contributed by atoms with van der Waals surface area (Å²) in [6.07, 6.45) is 5.66. The summed E-state index contributed by atoms with van der Waals surface area (Å²) < 4.78 is 4.83. The fraction of sp³-hybridized carbons (Fsp3) is 0.727. The van der Waals surface area contributed by atoms with Gasteiger partial charge in [0, 0.05) is 6.04 Å². The van der Waals surface area contributed by atoms with E-state index in [-0.39, 0.29) is 17.6 Å². The number of nitrogens with one attached hydrogen (secondary N) is 1. The van der Waals surface area contributed by atoms with Crippen molar-refractivity contribution in [3.05, 3.63) is 0 Å². The number of carbonyl (C=O) groups excluding carboxylic acids is 1. The number of rotatable bonds is 5. The highest BCUT2D eigenvalue weighted by molar-refractivity contribution is 5.70. The highest BCUT2D eigenvalue weighted by Crippen LogP contribution is 2.04. The zero-order valence-electron chi connectivity index (χ0n) is 9.39. The lowest BCUT2D eigenvalue weighted by molar-refractivity contribution is -0.143. The third kappa shape index (κ3) is 5.60. The molecule has 0 radical (unpaired) electrons. The molecular weight excluding hydrogens is 178 g/mol. The Labute approximate surface area is 86.2 Å². The molecule has 0 aromatic rings. The molecule has 0 aromatic heterocycles. The van der Waals surface area contributed by atoms with Crippen LogP contribution in [0.1, 0.15) is 34.1 Å². The molecular formula is C11H19NO2. The Bertz CT molecular complexity index is 228. The van der Waals surface area contributed by atoms with Crippen molar-refractivity contribution in [1.29, 1.82) is 0 Å². The Hall–Kier alpha value is -1.01. The average Bonchev–Trinajstić information content (AvgIpc) is 2.03. The molecule has 80 valence electrons. The van der Waals surface area contributed by atoms with Crippen LogP contribution in [0.15, 0.2) is 0 Å². The van der Waals surface area contributed by atoms with Crippen molar-refractivity contribution in [1.82, 2.24) is 5.32 Å². The highest BCUT2D eigenvalue weighted by atomic mass is 16.5. The van der Waals surface area contributed by atoms with Crippen LogP contribution in [0.2, 0.25) is 0 Å². The first-order valence-electron chi connectivity index (χ1n) is 4.82. The molecule has 0 fully saturated rings. The Kier molecular flexibility index (Phi) is 5.26. The molecule has 0 bridgehead atoms. The fourth-order valence-corrected chi connectivity index (χ4v) is 1.18. The van der Waals surface area contributed by atoms with Crippen LogP contribution in [-0.2, 0) is 9.53 Å². The molecule has 0 amide bonds. The Balaban J connectivity index is 3.93. The largest absolute Gasteiger partial charge is 0.466 e. The van der Waals surface area contributed by atoms with E-state index >= 15 is 0 Å². The first-order chi connectivity index (χ1) is 6.41. The minimum atomic E-state index is -0.383. The van der Waals surface area contributed by atoms with Gasteiger partial charge in [0.05, 0.1) is 18.6 Å². The number of ether oxygens (including phenoxy) is 1. The predicted octanol–water partition coefficient (Wildman–Crippen LogP) is 1.33. The Morgan fingerprint density at radius 2 is 2.21 bits per heavy atom. The van der Waals surface area contributed by atoms with Gasteiger partial charge in [0.1, 0.15) is 0 Å². The molecule has 0 aliphatic heterocycles. The second-order valence-corrected chi connectivity index (χ2v) is 3.82. The molecule has 3 heteroatoms. The molecule has 0 heterocycles. The molecule has 0 saturated carbocycles. The quantitative estimate of drug-likeness (QED) is 0.534. The smallest absolute Gasteiger partial charge is 0.307 e. The summed E-state index contributed by atoms with van der Waals surface area (Å²) in [6, 6.07) is 0.0279. The zero-order valence-corrected chi connectivity index (χ0v) is 9.39. The van der Waals surface area contributed by atoms with Gasteiger partial charge in [0.2, 0.25) is 0 Å². The van der Waals surface area contributed by atoms with Crippen LogP contribution >= 0.6 is 0 Å². The van der Waals surface area contributed by atoms with Crippen molar-refractivity contribution in [2.75, 3.05) is 6.61 Å². The number of esters is 1. The number of hydrogen-bond acceptors (Lipinski definition) is 3. The van der Waals surface area contributed by atoms with Crippen molar-refractivity contribution in [2.24, 2.45) is 0 Å². The maximum Gasteiger partial charge on any atom is 0.307 e. The van der Waals surface area contributed by atoms with Crippen molar-refractivity contribution in [3.63, 3.8) is 0 Å². The van der Waals surface area contributed by atoms with E-state index in [9.17, 15) is 4.79 Å². The van der Waals surface area contributed by atoms with Gasteiger partial charge in [-0.1, -0.05) is 5.92 Å². The van der Waals surface area contributed by atoms with Crippen molar-refractivity contribution in [2.45, 2.75) is 45.7 Å². The molecule has 0 aliphatic rings. The number of terminal acetylenes is 1. The van der Waals surface area contributed by atoms with Gasteiger partial charge >= 0.3 is 5.97 Å². The summed E-state index contributed by atoms with van der Waals surface area (Å²) >= 11 is 0. The molecule has 0 spiro atoms. The third-order valence-corrected chi connectivity index (χ3v) is 1.75. The van der Waals surface area contributed by atoms with Crippen molar-refractivity contribution in [3.8, 4) is 12.3 Å². The normalized spacial score (nSPS) is 13.1. The van der Waals surface area contributed by atoms with Gasteiger partial charge in [-0.25, -0.2) is 0 Å². The van der Waals surface area contributed by atoms with Crippen LogP contribution in [0.25, 0.3) is 0 Å². The van der Waals surface area contributed by atoms with E-state index in [2.05, 4.69) is 11.2 Å². The van der Waals surface area contributed by atoms with Gasteiger partial charge in [0.25, 0.3) is 0 Å². The number of carbonyl (C=O) groups is 1. The van der Waals surface area contributed by atoms with E-state index in [4.69, 9.17) is 11.2 Å². The molecule has 0 saturated heterocycles. The van der Waals surface area contributed by atoms with E-state index in [0.717, 1.165) is 0 Å². The van der Waals surface area contributed by atoms with E-state index < -0.39 is 0 Å². The summed E-state index contributed by atoms with van der Waals surface area (Å²) in [5.41, 5.74) is -0.383. The Morgan fingerprint density at radius 3 is 2.64 bits per heavy atom. The second kappa shape index (κ2) is 5.66. The molecule has 1 N–H and O–H groups in total. The van der Waals surface area contributed by atoms with Gasteiger partial charge in [-0.05, 0) is 27.7 Å². The summed E-state index contributed by atoms with van der Waals surface area (Å²) in [5.74, 6) is 2.42. The monoisotopic (exact) mass is 197 g/mol. The third-order valence-electron chi connectivity index (χ3n) is 1.75. The van der Waals surface area contributed by atoms with Gasteiger partial charge in [-0.3, -0.25) is 10.1 Å². The zero-order chi connectivity index (χ0) is 11.2. The second-order valence-electron chi connectivity index (χ2n) is 3.82. The average molecular weight is 197 g/mol. The first kappa shape index (κ1) is 13.0. The van der Waals surface area contributed by atoms with E-state index in [0.29, 0.717) is 13.0 Å². The minimum Gasteiger partial charge on any atom is -0.466 e. The van der Waals surface area contributed by atoms with Crippen LogP contribution in [0, 0.1) is 12.3 Å². The van der Waals surface area contributed by atoms with E-state index in [1.807, 2.05) is 20.8 Å². The highest BCUT2D eigenvalue weighted by Gasteiger charge is 2.18. The van der Waals surface area contributed by atoms with Gasteiger partial charge in [0.15, 0.2) is 0 Å². The topological polar surface area (TPSA) is 38.3 Å². The van der Waals surface area contributed by atoms with Crippen molar-refractivity contribution >= 4 is 5.97 Å². The SMILES string of the molecule is C#CC(C)(C)NC(C)CC(=O)OCC. The van der Waals surface area contributed by atoms with Gasteiger partial charge < -0.3 is 4.74 Å². The molecule has 0 aromatic carbocycles. The molecule has 14 heavy (non-hydrogen) atoms. The maximum absolute atomic E-state index is 11.1. The molecule has 0 rings (SSSR count). The lowest BCUT2D eigenvalue weighted by Crippen LogP contribution is -2.44. The molecule has 1 unspecified atom stereocenters. The standard InChI is InChI=1S/C11H19NO2/c1-6-11(4,5)12-9(3)8-10(13)14-7-2/h1,9,12H,7-8H2,2-5H3. The van der Waals surface area contributed by atoms with Gasteiger partial charge in [-0.2, -0.15) is 0 Å². The molecule has 0 aliphatic carbocycles. The Morgan fingerprint density at radius 1 is 1.64 bits per heavy atom. The summed E-state index contributed by atoms with van der Waals surface area (Å²) in [7, 11) is 0. The van der Waals surface area contributed by atoms with Gasteiger partial charge in [-0.15, -0.1) is 6.42 Å². The number of hydrogen-bond donors (Lipinski definition) is 1. The summed E-state index contributed by atoms with van der Waals surface area (Å²) in [5, 5.41) is 3.16. The van der Waals surface area contributed by atoms with Crippen LogP contribution < -0.4 is 5.32 Å². The van der Waals surface area contributed by atoms with Crippen LogP contribution in [-0.4, -0.2) is 24.2 Å². The minimum absolute atomic E-state index is 0.0279. The predicted molar refractivity (Wildman–Crippen MR) is 56.8 cm³/mol. The van der Waals surface area contributed by atoms with E-state index in [1.165, 1.54) is 0 Å². The van der Waals surface area contributed by atoms with Crippen LogP contribution in [0.5, 0.6) is 0 Å². The fourth-order valence-electron chi connectivity index (χ4n) is 1.18. The van der Waals surface area contributed by atoms with Crippen molar-refractivity contribution < 1.29 is 9.53 Å². The lowest BCUT2D eigenvalue weighted by atomic mass is 10.0. The maximum atomic E-state index is 11.1.